The van der Waals surface area contributed by atoms with Crippen molar-refractivity contribution in [2.75, 3.05) is 26.2 Å². The van der Waals surface area contributed by atoms with Gasteiger partial charge in [0, 0.05) is 38.4 Å². The van der Waals surface area contributed by atoms with Gasteiger partial charge in [-0.25, -0.2) is 4.79 Å². The molecule has 29 heavy (non-hydrogen) atoms. The minimum atomic E-state index is -0.769. The molecule has 0 aromatic rings. The number of hydroxylamine groups is 2. The molecule has 1 atom stereocenters. The van der Waals surface area contributed by atoms with E-state index >= 15 is 0 Å². The maximum atomic E-state index is 12.0. The fourth-order valence-electron chi connectivity index (χ4n) is 3.52. The lowest BCUT2D eigenvalue weighted by Gasteiger charge is -2.23. The van der Waals surface area contributed by atoms with E-state index in [0.29, 0.717) is 17.6 Å². The Morgan fingerprint density at radius 3 is 2.38 bits per heavy atom. The summed E-state index contributed by atoms with van der Waals surface area (Å²) in [6, 6.07) is 0.472. The molecule has 0 aromatic carbocycles. The van der Waals surface area contributed by atoms with Crippen LogP contribution in [0.15, 0.2) is 0 Å². The van der Waals surface area contributed by atoms with E-state index in [1.54, 1.807) is 0 Å². The van der Waals surface area contributed by atoms with E-state index in [4.69, 9.17) is 4.84 Å². The second-order valence-electron chi connectivity index (χ2n) is 7.30. The van der Waals surface area contributed by atoms with Crippen molar-refractivity contribution in [3.63, 3.8) is 0 Å². The van der Waals surface area contributed by atoms with Gasteiger partial charge in [-0.15, -0.1) is 5.06 Å². The summed E-state index contributed by atoms with van der Waals surface area (Å²) in [4.78, 5) is 65.1. The van der Waals surface area contributed by atoms with Crippen LogP contribution < -0.4 is 10.6 Å². The number of hydrogen-bond donors (Lipinski definition) is 2. The Kier molecular flexibility index (Phi) is 9.04. The van der Waals surface area contributed by atoms with E-state index in [1.807, 2.05) is 0 Å². The van der Waals surface area contributed by atoms with Crippen molar-refractivity contribution >= 4 is 29.6 Å². The monoisotopic (exact) mass is 419 g/mol. The Morgan fingerprint density at radius 2 is 1.69 bits per heavy atom. The molecule has 2 rings (SSSR count). The molecule has 10 heteroatoms. The van der Waals surface area contributed by atoms with Crippen molar-refractivity contribution in [3.05, 3.63) is 0 Å². The van der Waals surface area contributed by atoms with Crippen molar-refractivity contribution in [2.24, 2.45) is 0 Å². The normalized spacial score (nSPS) is 19.5. The number of imide groups is 1. The van der Waals surface area contributed by atoms with Gasteiger partial charge >= 0.3 is 5.97 Å². The van der Waals surface area contributed by atoms with E-state index in [2.05, 4.69) is 22.5 Å². The number of rotatable bonds is 11. The Labute approximate surface area is 170 Å². The molecule has 2 saturated heterocycles. The molecule has 2 aliphatic rings. The number of carbonyl (C=O) groups is 5. The summed E-state index contributed by atoms with van der Waals surface area (Å²) in [5.41, 5.74) is 0. The number of hydrogen-bond acceptors (Lipinski definition) is 7. The van der Waals surface area contributed by atoms with Crippen molar-refractivity contribution in [2.45, 2.75) is 64.3 Å². The quantitative estimate of drug-likeness (QED) is 0.272. The van der Waals surface area contributed by atoms with Gasteiger partial charge < -0.3 is 15.5 Å². The topological polar surface area (TPSA) is 125 Å². The lowest BCUT2D eigenvalue weighted by Crippen LogP contribution is -2.41. The third-order valence-corrected chi connectivity index (χ3v) is 4.99. The molecule has 0 aliphatic carbocycles. The predicted molar refractivity (Wildman–Crippen MR) is 102 cm³/mol. The summed E-state index contributed by atoms with van der Waals surface area (Å²) in [6.45, 7) is 3.67. The molecule has 0 spiro atoms. The first-order chi connectivity index (χ1) is 13.9. The van der Waals surface area contributed by atoms with Crippen LogP contribution in [-0.2, 0) is 28.8 Å². The van der Waals surface area contributed by atoms with Gasteiger partial charge in [-0.2, -0.15) is 0 Å². The second kappa shape index (κ2) is 11.5. The Morgan fingerprint density at radius 1 is 1.03 bits per heavy atom. The zero-order valence-electron chi connectivity index (χ0n) is 16.9. The first-order valence-corrected chi connectivity index (χ1v) is 10.2. The highest BCUT2D eigenvalue weighted by atomic mass is 16.8. The fourth-order valence-corrected chi connectivity index (χ4v) is 3.52. The van der Waals surface area contributed by atoms with E-state index in [0.717, 1.165) is 32.2 Å². The molecule has 0 saturated carbocycles. The van der Waals surface area contributed by atoms with Gasteiger partial charge in [0.05, 0.1) is 13.0 Å². The molecule has 2 aliphatic heterocycles. The summed E-state index contributed by atoms with van der Waals surface area (Å²) in [7, 11) is 0. The minimum absolute atomic E-state index is 0.0221. The minimum Gasteiger partial charge on any atom is -0.355 e. The fraction of sp³-hybridized carbons (Fsp3) is 0.737. The van der Waals surface area contributed by atoms with Gasteiger partial charge in [0.1, 0.15) is 0 Å². The van der Waals surface area contributed by atoms with E-state index < -0.39 is 17.8 Å². The number of likely N-dealkylation sites (tertiary alicyclic amines) is 1. The summed E-state index contributed by atoms with van der Waals surface area (Å²) in [6.07, 6.45) is 4.44. The third kappa shape index (κ3) is 7.45. The highest BCUT2D eigenvalue weighted by Gasteiger charge is 2.32. The molecule has 0 radical (unpaired) electrons. The zero-order chi connectivity index (χ0) is 21.2. The van der Waals surface area contributed by atoms with Crippen molar-refractivity contribution in [3.8, 4) is 0 Å². The standard InChI is InChI=1S/C19H30N4O6/c1-2-4-14-5-3-12-22(14)13-16(25)21-10-8-15(24)20-11-9-19(28)29-23-17(26)6-7-18(23)27/h14H,2-13H2,1H3,(H,20,24)(H,21,25)/i8+1,9+1,10+1,11+1,15+1,19+1,20+1,21+1,22+1. The van der Waals surface area contributed by atoms with Crippen LogP contribution in [0.2, 0.25) is 0 Å². The largest absolute Gasteiger partial charge is 0.355 e. The number of nitrogens with zero attached hydrogens (tertiary/aromatic N) is 2. The van der Waals surface area contributed by atoms with Crippen molar-refractivity contribution in [1.29, 1.82) is 0 Å². The maximum absolute atomic E-state index is 12.0. The van der Waals surface area contributed by atoms with Gasteiger partial charge in [0.25, 0.3) is 11.8 Å². The van der Waals surface area contributed by atoms with Crippen LogP contribution >= 0.6 is 0 Å². The molecule has 1 unspecified atom stereocenters. The van der Waals surface area contributed by atoms with E-state index in [-0.39, 0.29) is 50.6 Å². The Balaban J connectivity index is 1.54. The van der Waals surface area contributed by atoms with Crippen LogP contribution in [0, 0.1) is 0 Å². The molecule has 2 heterocycles. The lowest BCUT2D eigenvalue weighted by molar-refractivity contribution is -0.197. The number of nitrogens with one attached hydrogen (secondary N) is 2. The van der Waals surface area contributed by atoms with Crippen molar-refractivity contribution < 1.29 is 28.8 Å². The molecular formula is C19H30N4O6. The third-order valence-electron chi connectivity index (χ3n) is 4.99. The number of carbonyl (C=O) groups excluding carboxylic acids is 5. The molecule has 0 aromatic heterocycles. The lowest BCUT2D eigenvalue weighted by atomic mass is 10.1. The molecule has 2 N–H and O–H groups in total. The van der Waals surface area contributed by atoms with Crippen LogP contribution in [0.3, 0.4) is 0 Å². The first-order valence-electron chi connectivity index (χ1n) is 10.2. The van der Waals surface area contributed by atoms with Crippen LogP contribution in [0.5, 0.6) is 0 Å². The van der Waals surface area contributed by atoms with Crippen LogP contribution in [0.1, 0.15) is 58.3 Å². The molecule has 2 fully saturated rings. The van der Waals surface area contributed by atoms with Gasteiger partial charge in [-0.3, -0.25) is 24.1 Å². The smallest absolute Gasteiger partial charge is 0.334 e. The van der Waals surface area contributed by atoms with E-state index in [9.17, 15) is 24.0 Å². The van der Waals surface area contributed by atoms with Gasteiger partial charge in [0.15, 0.2) is 0 Å². The summed E-state index contributed by atoms with van der Waals surface area (Å²) >= 11 is 0. The maximum Gasteiger partial charge on any atom is 0.334 e. The van der Waals surface area contributed by atoms with Gasteiger partial charge in [0.2, 0.25) is 11.8 Å². The average molecular weight is 419 g/mol. The van der Waals surface area contributed by atoms with Gasteiger partial charge in [-0.1, -0.05) is 13.3 Å². The highest BCUT2D eigenvalue weighted by molar-refractivity contribution is 6.01. The molecular weight excluding hydrogens is 389 g/mol. The first kappa shape index (κ1) is 22.8. The van der Waals surface area contributed by atoms with Gasteiger partial charge in [-0.05, 0) is 25.8 Å². The average Bonchev–Trinajstić information content (AvgIpc) is 3.23. The molecule has 0 bridgehead atoms. The Bertz CT molecular complexity index is 622. The Hall–Kier alpha value is -2.49. The van der Waals surface area contributed by atoms with Crippen LogP contribution in [0.25, 0.3) is 0 Å². The van der Waals surface area contributed by atoms with Crippen LogP contribution in [0.4, 0.5) is 0 Å². The summed E-state index contributed by atoms with van der Waals surface area (Å²) < 4.78 is 0. The SMILES string of the molecule is CCCC1CCC[15N]1CC(=O)[15NH][13CH2][13CH2][13C](=O)[15NH][13CH2][13CH2][13C](=O)ON1C(=O)CCC1=O. The van der Waals surface area contributed by atoms with Crippen LogP contribution in [-0.4, -0.2) is 71.8 Å². The molecule has 10 nitrogen and oxygen atoms in total. The summed E-state index contributed by atoms with van der Waals surface area (Å²) in [5, 5.41) is 5.76. The second-order valence-corrected chi connectivity index (χ2v) is 7.30. The zero-order valence-corrected chi connectivity index (χ0v) is 16.9. The number of amides is 4. The summed E-state index contributed by atoms with van der Waals surface area (Å²) in [5.74, 6) is -2.26. The molecule has 4 amide bonds. The predicted octanol–water partition coefficient (Wildman–Crippen LogP) is -0.129. The van der Waals surface area contributed by atoms with E-state index in [1.165, 1.54) is 0 Å². The molecule has 162 valence electrons. The van der Waals surface area contributed by atoms with Crippen molar-refractivity contribution in [1.82, 2.24) is 20.6 Å². The highest BCUT2D eigenvalue weighted by Crippen LogP contribution is 2.20.